The molecular weight excluding hydrogens is 911 g/mol. The minimum absolute atomic E-state index is 0.576. The third-order valence-corrected chi connectivity index (χ3v) is 14.9. The standard InChI is InChI=1S/C70H47N5/c1-6-24-49(25-7-1)67-71-68(50-26-8-2-9-27-50)73-69(72-67)51-46-64(74-60-38-20-16-34-56(60)57-35-17-21-39-61(57)74)66(65(47-51)75-62-40-22-18-36-58(62)59-37-19-23-41-63(59)75)48-42-44-55(45-43-48)70(52-28-10-3-11-29-52,53-30-12-4-13-31-53)54-32-14-5-15-33-54/h1-47H. The summed E-state index contributed by atoms with van der Waals surface area (Å²) in [4.78, 5) is 15.9. The highest BCUT2D eigenvalue weighted by Gasteiger charge is 2.38. The molecule has 0 amide bonds. The molecule has 0 spiro atoms. The average Bonchev–Trinajstić information content (AvgIpc) is 4.02. The maximum Gasteiger partial charge on any atom is 0.164 e. The van der Waals surface area contributed by atoms with Crippen LogP contribution in [0.3, 0.4) is 0 Å². The van der Waals surface area contributed by atoms with Gasteiger partial charge in [0, 0.05) is 43.8 Å². The number of benzene rings is 11. The van der Waals surface area contributed by atoms with Gasteiger partial charge in [-0.1, -0.05) is 249 Å². The molecule has 0 N–H and O–H groups in total. The maximum atomic E-state index is 5.38. The summed E-state index contributed by atoms with van der Waals surface area (Å²) in [6.45, 7) is 0. The van der Waals surface area contributed by atoms with Crippen molar-refractivity contribution in [1.82, 2.24) is 24.1 Å². The topological polar surface area (TPSA) is 48.5 Å². The smallest absolute Gasteiger partial charge is 0.164 e. The molecule has 0 atom stereocenters. The highest BCUT2D eigenvalue weighted by Crippen LogP contribution is 2.48. The van der Waals surface area contributed by atoms with Gasteiger partial charge in [0.15, 0.2) is 17.5 Å². The highest BCUT2D eigenvalue weighted by atomic mass is 15.1. The first kappa shape index (κ1) is 43.8. The Morgan fingerprint density at radius 1 is 0.240 bits per heavy atom. The summed E-state index contributed by atoms with van der Waals surface area (Å²) in [6.07, 6.45) is 0. The van der Waals surface area contributed by atoms with Gasteiger partial charge in [-0.15, -0.1) is 0 Å². The van der Waals surface area contributed by atoms with Gasteiger partial charge >= 0.3 is 0 Å². The lowest BCUT2D eigenvalue weighted by Crippen LogP contribution is -2.30. The third-order valence-electron chi connectivity index (χ3n) is 14.9. The quantitative estimate of drug-likeness (QED) is 0.128. The largest absolute Gasteiger partial charge is 0.309 e. The van der Waals surface area contributed by atoms with Crippen molar-refractivity contribution in [3.8, 4) is 56.7 Å². The van der Waals surface area contributed by atoms with Crippen LogP contribution >= 0.6 is 0 Å². The van der Waals surface area contributed by atoms with Crippen molar-refractivity contribution in [2.24, 2.45) is 0 Å². The molecule has 0 radical (unpaired) electrons. The first-order valence-electron chi connectivity index (χ1n) is 25.5. The van der Waals surface area contributed by atoms with E-state index < -0.39 is 5.41 Å². The molecule has 0 unspecified atom stereocenters. The van der Waals surface area contributed by atoms with Crippen LogP contribution in [0, 0.1) is 0 Å². The number of aromatic nitrogens is 5. The fourth-order valence-electron chi connectivity index (χ4n) is 11.6. The monoisotopic (exact) mass is 957 g/mol. The molecule has 14 rings (SSSR count). The second-order valence-corrected chi connectivity index (χ2v) is 19.1. The summed E-state index contributed by atoms with van der Waals surface area (Å²) >= 11 is 0. The fraction of sp³-hybridized carbons (Fsp3) is 0.0143. The second kappa shape index (κ2) is 18.3. The number of rotatable bonds is 10. The van der Waals surface area contributed by atoms with Crippen molar-refractivity contribution in [3.05, 3.63) is 307 Å². The lowest BCUT2D eigenvalue weighted by Gasteiger charge is -2.37. The molecule has 3 aromatic heterocycles. The second-order valence-electron chi connectivity index (χ2n) is 19.1. The summed E-state index contributed by atoms with van der Waals surface area (Å²) in [5.41, 5.74) is 15.3. The van der Waals surface area contributed by atoms with E-state index in [0.29, 0.717) is 17.5 Å². The zero-order valence-corrected chi connectivity index (χ0v) is 40.9. The average molecular weight is 958 g/mol. The summed E-state index contributed by atoms with van der Waals surface area (Å²) in [7, 11) is 0. The Balaban J connectivity index is 1.12. The molecule has 0 bridgehead atoms. The predicted octanol–water partition coefficient (Wildman–Crippen LogP) is 17.1. The van der Waals surface area contributed by atoms with Crippen molar-refractivity contribution in [2.45, 2.75) is 5.41 Å². The summed E-state index contributed by atoms with van der Waals surface area (Å²) in [6, 6.07) is 102. The minimum atomic E-state index is -0.622. The highest BCUT2D eigenvalue weighted by molar-refractivity contribution is 6.12. The van der Waals surface area contributed by atoms with Crippen LogP contribution in [0.1, 0.15) is 22.3 Å². The van der Waals surface area contributed by atoms with Gasteiger partial charge in [-0.2, -0.15) is 0 Å². The predicted molar refractivity (Wildman–Crippen MR) is 309 cm³/mol. The molecule has 0 saturated carbocycles. The van der Waals surface area contributed by atoms with Crippen LogP contribution in [0.4, 0.5) is 0 Å². The van der Waals surface area contributed by atoms with Crippen LogP contribution in [0.25, 0.3) is 100 Å². The zero-order valence-electron chi connectivity index (χ0n) is 40.9. The molecule has 0 aliphatic heterocycles. The summed E-state index contributed by atoms with van der Waals surface area (Å²) < 4.78 is 4.91. The SMILES string of the molecule is c1ccc(-c2nc(-c3ccccc3)nc(-c3cc(-n4c5ccccc5c5ccccc54)c(-c4ccc(C(c5ccccc5)(c5ccccc5)c5ccccc5)cc4)c(-n4c5ccccc5c5ccccc54)c3)n2)cc1. The van der Waals surface area contributed by atoms with Gasteiger partial charge in [-0.3, -0.25) is 0 Å². The Labute approximate surface area is 435 Å². The molecule has 0 aliphatic carbocycles. The Bertz CT molecular complexity index is 3980. The van der Waals surface area contributed by atoms with Crippen molar-refractivity contribution in [1.29, 1.82) is 0 Å². The van der Waals surface area contributed by atoms with Crippen LogP contribution in [-0.2, 0) is 5.41 Å². The first-order valence-corrected chi connectivity index (χ1v) is 25.5. The molecule has 75 heavy (non-hydrogen) atoms. The van der Waals surface area contributed by atoms with Crippen LogP contribution in [-0.4, -0.2) is 24.1 Å². The van der Waals surface area contributed by atoms with E-state index in [0.717, 1.165) is 66.8 Å². The molecule has 5 heteroatoms. The van der Waals surface area contributed by atoms with Crippen molar-refractivity contribution in [3.63, 3.8) is 0 Å². The van der Waals surface area contributed by atoms with Crippen LogP contribution in [0.15, 0.2) is 285 Å². The Hall–Kier alpha value is -9.97. The molecule has 5 nitrogen and oxygen atoms in total. The van der Waals surface area contributed by atoms with E-state index in [1.165, 1.54) is 38.2 Å². The van der Waals surface area contributed by atoms with Gasteiger partial charge in [0.05, 0.1) is 38.9 Å². The zero-order chi connectivity index (χ0) is 49.7. The number of fused-ring (bicyclic) bond motifs is 6. The molecule has 0 aliphatic rings. The van der Waals surface area contributed by atoms with E-state index in [2.05, 4.69) is 258 Å². The maximum absolute atomic E-state index is 5.38. The lowest BCUT2D eigenvalue weighted by atomic mass is 9.65. The molecule has 0 saturated heterocycles. The lowest BCUT2D eigenvalue weighted by molar-refractivity contribution is 0.745. The fourth-order valence-corrected chi connectivity index (χ4v) is 11.6. The van der Waals surface area contributed by atoms with Gasteiger partial charge in [-0.25, -0.2) is 15.0 Å². The van der Waals surface area contributed by atoms with E-state index >= 15 is 0 Å². The van der Waals surface area contributed by atoms with Crippen molar-refractivity contribution in [2.75, 3.05) is 0 Å². The van der Waals surface area contributed by atoms with E-state index in [9.17, 15) is 0 Å². The summed E-state index contributed by atoms with van der Waals surface area (Å²) in [5.74, 6) is 1.79. The van der Waals surface area contributed by atoms with Crippen LogP contribution in [0.2, 0.25) is 0 Å². The van der Waals surface area contributed by atoms with E-state index in [-0.39, 0.29) is 0 Å². The molecule has 11 aromatic carbocycles. The third kappa shape index (κ3) is 7.27. The first-order chi connectivity index (χ1) is 37.2. The number of nitrogens with zero attached hydrogens (tertiary/aromatic N) is 5. The van der Waals surface area contributed by atoms with Gasteiger partial charge < -0.3 is 9.13 Å². The number of hydrogen-bond donors (Lipinski definition) is 0. The number of hydrogen-bond acceptors (Lipinski definition) is 3. The molecule has 352 valence electrons. The normalized spacial score (nSPS) is 11.7. The van der Waals surface area contributed by atoms with Gasteiger partial charge in [0.1, 0.15) is 0 Å². The van der Waals surface area contributed by atoms with Crippen molar-refractivity contribution < 1.29 is 0 Å². The van der Waals surface area contributed by atoms with Gasteiger partial charge in [0.2, 0.25) is 0 Å². The molecule has 3 heterocycles. The molecule has 0 fully saturated rings. The van der Waals surface area contributed by atoms with Gasteiger partial charge in [0.25, 0.3) is 0 Å². The Kier molecular flexibility index (Phi) is 10.7. The Morgan fingerprint density at radius 2 is 0.520 bits per heavy atom. The Morgan fingerprint density at radius 3 is 0.867 bits per heavy atom. The van der Waals surface area contributed by atoms with E-state index in [1.807, 2.05) is 36.4 Å². The minimum Gasteiger partial charge on any atom is -0.309 e. The van der Waals surface area contributed by atoms with E-state index in [1.54, 1.807) is 0 Å². The van der Waals surface area contributed by atoms with E-state index in [4.69, 9.17) is 15.0 Å². The van der Waals surface area contributed by atoms with Gasteiger partial charge in [-0.05, 0) is 64.2 Å². The van der Waals surface area contributed by atoms with Crippen molar-refractivity contribution >= 4 is 43.6 Å². The molecular formula is C70H47N5. The van der Waals surface area contributed by atoms with Crippen LogP contribution in [0.5, 0.6) is 0 Å². The molecule has 14 aromatic rings. The number of para-hydroxylation sites is 4. The van der Waals surface area contributed by atoms with Crippen LogP contribution < -0.4 is 0 Å². The summed E-state index contributed by atoms with van der Waals surface area (Å²) in [5, 5.41) is 4.70.